The van der Waals surface area contributed by atoms with Gasteiger partial charge in [-0.3, -0.25) is 14.5 Å². The van der Waals surface area contributed by atoms with Crippen molar-refractivity contribution in [3.05, 3.63) is 42.0 Å². The molecule has 0 radical (unpaired) electrons. The molecule has 1 N–H and O–H groups in total. The van der Waals surface area contributed by atoms with Gasteiger partial charge in [-0.05, 0) is 38.5 Å². The monoisotopic (exact) mass is 343 g/mol. The second-order valence-electron chi connectivity index (χ2n) is 6.82. The number of ether oxygens (including phenoxy) is 1. The van der Waals surface area contributed by atoms with Gasteiger partial charge in [0.1, 0.15) is 0 Å². The molecule has 2 aliphatic rings. The normalized spacial score (nSPS) is 32.0. The third-order valence-corrected chi connectivity index (χ3v) is 5.50. The number of carbonyl (C=O) groups excluding carboxylic acids is 2. The molecule has 1 aromatic rings. The highest BCUT2D eigenvalue weighted by Crippen LogP contribution is 2.42. The van der Waals surface area contributed by atoms with E-state index < -0.39 is 23.9 Å². The van der Waals surface area contributed by atoms with Crippen LogP contribution in [-0.4, -0.2) is 53.6 Å². The Morgan fingerprint density at radius 3 is 2.48 bits per heavy atom. The van der Waals surface area contributed by atoms with Gasteiger partial charge < -0.3 is 9.84 Å². The zero-order chi connectivity index (χ0) is 18.0. The highest BCUT2D eigenvalue weighted by atomic mass is 16.5. The molecule has 3 rings (SSSR count). The lowest BCUT2D eigenvalue weighted by atomic mass is 9.77. The van der Waals surface area contributed by atoms with E-state index in [4.69, 9.17) is 4.74 Å². The fraction of sp³-hybridized carbons (Fsp3) is 0.500. The van der Waals surface area contributed by atoms with Crippen molar-refractivity contribution in [2.75, 3.05) is 13.7 Å². The maximum atomic E-state index is 12.8. The van der Waals surface area contributed by atoms with Gasteiger partial charge in [0.05, 0.1) is 24.5 Å². The van der Waals surface area contributed by atoms with Crippen LogP contribution in [0, 0.1) is 11.8 Å². The van der Waals surface area contributed by atoms with Gasteiger partial charge in [-0.25, -0.2) is 0 Å². The van der Waals surface area contributed by atoms with Crippen LogP contribution < -0.4 is 0 Å². The van der Waals surface area contributed by atoms with Crippen LogP contribution in [0.1, 0.15) is 25.3 Å². The molecule has 0 saturated carbocycles. The summed E-state index contributed by atoms with van der Waals surface area (Å²) in [5.74, 6) is -1.80. The molecule has 5 heteroatoms. The Morgan fingerprint density at radius 1 is 1.20 bits per heavy atom. The lowest BCUT2D eigenvalue weighted by molar-refractivity contribution is -0.163. The highest BCUT2D eigenvalue weighted by Gasteiger charge is 2.55. The molecule has 25 heavy (non-hydrogen) atoms. The Morgan fingerprint density at radius 2 is 1.84 bits per heavy atom. The van der Waals surface area contributed by atoms with Crippen LogP contribution >= 0.6 is 0 Å². The van der Waals surface area contributed by atoms with Gasteiger partial charge in [-0.1, -0.05) is 36.4 Å². The summed E-state index contributed by atoms with van der Waals surface area (Å²) < 4.78 is 5.15. The molecule has 2 heterocycles. The first-order valence-electron chi connectivity index (χ1n) is 8.88. The third-order valence-electron chi connectivity index (χ3n) is 5.50. The van der Waals surface area contributed by atoms with Gasteiger partial charge in [0.15, 0.2) is 5.78 Å². The van der Waals surface area contributed by atoms with E-state index in [0.29, 0.717) is 0 Å². The van der Waals surface area contributed by atoms with Gasteiger partial charge in [-0.15, -0.1) is 0 Å². The van der Waals surface area contributed by atoms with E-state index in [-0.39, 0.29) is 24.5 Å². The number of benzene rings is 1. The summed E-state index contributed by atoms with van der Waals surface area (Å²) >= 11 is 0. The number of allylic oxidation sites excluding steroid dienone is 1. The third kappa shape index (κ3) is 3.39. The van der Waals surface area contributed by atoms with Crippen LogP contribution in [0.3, 0.4) is 0 Å². The summed E-state index contributed by atoms with van der Waals surface area (Å²) in [5.41, 5.74) is 0.931. The molecule has 2 saturated heterocycles. The van der Waals surface area contributed by atoms with E-state index in [1.54, 1.807) is 13.0 Å². The van der Waals surface area contributed by atoms with Crippen molar-refractivity contribution >= 4 is 17.8 Å². The number of ketones is 1. The molecule has 5 atom stereocenters. The topological polar surface area (TPSA) is 66.8 Å². The number of nitrogens with zero attached hydrogens (tertiary/aromatic N) is 1. The zero-order valence-corrected chi connectivity index (χ0v) is 14.7. The average molecular weight is 343 g/mol. The molecule has 0 amide bonds. The van der Waals surface area contributed by atoms with Crippen molar-refractivity contribution in [3.8, 4) is 0 Å². The zero-order valence-electron chi connectivity index (χ0n) is 14.7. The summed E-state index contributed by atoms with van der Waals surface area (Å²) in [6.45, 7) is 2.02. The molecular weight excluding hydrogens is 318 g/mol. The molecule has 1 aromatic carbocycles. The van der Waals surface area contributed by atoms with Crippen LogP contribution in [-0.2, 0) is 14.3 Å². The van der Waals surface area contributed by atoms with Crippen LogP contribution in [0.25, 0.3) is 6.08 Å². The maximum absolute atomic E-state index is 12.8. The smallest absolute Gasteiger partial charge is 0.313 e. The van der Waals surface area contributed by atoms with Crippen LogP contribution in [0.15, 0.2) is 36.4 Å². The summed E-state index contributed by atoms with van der Waals surface area (Å²) in [7, 11) is 1.93. The predicted octanol–water partition coefficient (Wildman–Crippen LogP) is 1.90. The lowest BCUT2D eigenvalue weighted by Crippen LogP contribution is -2.59. The summed E-state index contributed by atoms with van der Waals surface area (Å²) in [6.07, 6.45) is 3.89. The summed E-state index contributed by atoms with van der Waals surface area (Å²) in [6, 6.07) is 9.49. The standard InChI is InChI=1S/C20H25NO4/c1-3-25-20(24)18-15-11-10-14(21(15)2)17(19(18)23)16(22)12-9-13-7-5-4-6-8-13/h4-9,12,14-15,17-19,23H,3,10-11H2,1-2H3/t14-,15+,17-,18+,19-/m0/s1. The molecular formula is C20H25NO4. The quantitative estimate of drug-likeness (QED) is 0.653. The number of fused-ring (bicyclic) bond motifs is 2. The lowest BCUT2D eigenvalue weighted by Gasteiger charge is -2.43. The Balaban J connectivity index is 1.82. The Bertz CT molecular complexity index is 657. The molecule has 134 valence electrons. The van der Waals surface area contributed by atoms with Crippen molar-refractivity contribution in [3.63, 3.8) is 0 Å². The van der Waals surface area contributed by atoms with E-state index in [2.05, 4.69) is 4.90 Å². The Hall–Kier alpha value is -1.98. The van der Waals surface area contributed by atoms with Gasteiger partial charge in [0.2, 0.25) is 0 Å². The first kappa shape index (κ1) is 17.8. The maximum Gasteiger partial charge on any atom is 0.313 e. The largest absolute Gasteiger partial charge is 0.466 e. The van der Waals surface area contributed by atoms with Gasteiger partial charge in [0, 0.05) is 12.1 Å². The number of hydrogen-bond acceptors (Lipinski definition) is 5. The first-order chi connectivity index (χ1) is 12.0. The van der Waals surface area contributed by atoms with Crippen molar-refractivity contribution in [1.82, 2.24) is 4.90 Å². The van der Waals surface area contributed by atoms with Gasteiger partial charge in [0.25, 0.3) is 0 Å². The number of aliphatic hydroxyl groups excluding tert-OH is 1. The minimum Gasteiger partial charge on any atom is -0.466 e. The van der Waals surface area contributed by atoms with E-state index in [0.717, 1.165) is 18.4 Å². The van der Waals surface area contributed by atoms with Crippen LogP contribution in [0.5, 0.6) is 0 Å². The van der Waals surface area contributed by atoms with E-state index in [1.807, 2.05) is 37.4 Å². The fourth-order valence-corrected chi connectivity index (χ4v) is 4.29. The van der Waals surface area contributed by atoms with Crippen molar-refractivity contribution in [2.24, 2.45) is 11.8 Å². The number of carbonyl (C=O) groups is 2. The molecule has 0 unspecified atom stereocenters. The number of esters is 1. The molecule has 0 aliphatic carbocycles. The van der Waals surface area contributed by atoms with Gasteiger partial charge >= 0.3 is 5.97 Å². The van der Waals surface area contributed by atoms with Crippen molar-refractivity contribution in [1.29, 1.82) is 0 Å². The molecule has 0 spiro atoms. The van der Waals surface area contributed by atoms with E-state index in [9.17, 15) is 14.7 Å². The molecule has 2 bridgehead atoms. The van der Waals surface area contributed by atoms with E-state index >= 15 is 0 Å². The Labute approximate surface area is 148 Å². The first-order valence-corrected chi connectivity index (χ1v) is 8.88. The van der Waals surface area contributed by atoms with Crippen LogP contribution in [0.2, 0.25) is 0 Å². The Kier molecular flexibility index (Phi) is 5.35. The number of aliphatic hydroxyl groups is 1. The van der Waals surface area contributed by atoms with Gasteiger partial charge in [-0.2, -0.15) is 0 Å². The second-order valence-corrected chi connectivity index (χ2v) is 6.82. The fourth-order valence-electron chi connectivity index (χ4n) is 4.29. The second kappa shape index (κ2) is 7.50. The minimum absolute atomic E-state index is 0.0291. The average Bonchev–Trinajstić information content (AvgIpc) is 2.88. The molecule has 2 fully saturated rings. The summed E-state index contributed by atoms with van der Waals surface area (Å²) in [5, 5.41) is 10.8. The van der Waals surface area contributed by atoms with Crippen molar-refractivity contribution < 1.29 is 19.4 Å². The van der Waals surface area contributed by atoms with Crippen molar-refractivity contribution in [2.45, 2.75) is 38.0 Å². The minimum atomic E-state index is -0.999. The summed E-state index contributed by atoms with van der Waals surface area (Å²) in [4.78, 5) is 27.2. The number of hydrogen-bond donors (Lipinski definition) is 1. The van der Waals surface area contributed by atoms with Crippen LogP contribution in [0.4, 0.5) is 0 Å². The highest BCUT2D eigenvalue weighted by molar-refractivity contribution is 5.97. The van der Waals surface area contributed by atoms with E-state index in [1.165, 1.54) is 6.08 Å². The predicted molar refractivity (Wildman–Crippen MR) is 94.7 cm³/mol. The molecule has 2 aliphatic heterocycles. The molecule has 0 aromatic heterocycles. The SMILES string of the molecule is CCOC(=O)[C@H]1[C@@H](O)[C@H](C(=O)C=Cc2ccccc2)[C@@H]2CC[C@H]1N2C. The number of piperidine rings is 1. The number of rotatable bonds is 5. The molecule has 5 nitrogen and oxygen atoms in total.